The normalized spacial score (nSPS) is 11.5. The Hall–Kier alpha value is -1.48. The average Bonchev–Trinajstić information content (AvgIpc) is 2.95. The van der Waals surface area contributed by atoms with Crippen molar-refractivity contribution >= 4 is 40.1 Å². The molecule has 282 valence electrons. The number of nitrogens with one attached hydrogen (secondary N) is 1. The van der Waals surface area contributed by atoms with Crippen molar-refractivity contribution in [2.75, 3.05) is 38.6 Å². The minimum Gasteiger partial charge on any atom is -0.497 e. The molecule has 16 nitrogen and oxygen atoms in total. The van der Waals surface area contributed by atoms with Crippen LogP contribution in [0.2, 0.25) is 0 Å². The van der Waals surface area contributed by atoms with Gasteiger partial charge in [0.1, 0.15) is 5.75 Å². The lowest BCUT2D eigenvalue weighted by Gasteiger charge is -2.23. The minimum atomic E-state index is -4.64. The molecule has 0 saturated carbocycles. The van der Waals surface area contributed by atoms with E-state index in [1.807, 2.05) is 12.3 Å². The number of fused-ring (bicyclic) bond motifs is 1. The van der Waals surface area contributed by atoms with Crippen molar-refractivity contribution in [3.8, 4) is 5.75 Å². The molecule has 0 fully saturated rings. The molecule has 10 N–H and O–H groups in total. The van der Waals surface area contributed by atoms with Crippen molar-refractivity contribution in [1.82, 2.24) is 9.88 Å². The van der Waals surface area contributed by atoms with Crippen molar-refractivity contribution in [3.63, 3.8) is 0 Å². The Labute approximate surface area is 284 Å². The van der Waals surface area contributed by atoms with E-state index in [0.717, 1.165) is 35.3 Å². The van der Waals surface area contributed by atoms with Crippen LogP contribution in [0.3, 0.4) is 0 Å². The number of hydrogen-bond acceptors (Lipinski definition) is 7. The largest absolute Gasteiger partial charge is 0.497 e. The lowest BCUT2D eigenvalue weighted by Crippen LogP contribution is -2.28. The van der Waals surface area contributed by atoms with Crippen LogP contribution in [-0.4, -0.2) is 87.2 Å². The maximum absolute atomic E-state index is 8.88. The van der Waals surface area contributed by atoms with E-state index in [1.54, 1.807) is 7.11 Å². The highest BCUT2D eigenvalue weighted by molar-refractivity contribution is 7.45. The van der Waals surface area contributed by atoms with Gasteiger partial charge in [-0.1, -0.05) is 84.1 Å². The average molecular weight is 750 g/mol. The molecule has 0 radical (unpaired) electrons. The lowest BCUT2D eigenvalue weighted by molar-refractivity contribution is 0.259. The van der Waals surface area contributed by atoms with Gasteiger partial charge >= 0.3 is 23.5 Å². The molecule has 0 spiro atoms. The van der Waals surface area contributed by atoms with Crippen LogP contribution in [0.4, 0.5) is 5.69 Å². The number of ether oxygens (including phenoxy) is 1. The molecule has 1 aromatic carbocycles. The SMILES string of the molecule is CCCCCCCCN(CCCCCCCC)CCCNc1cc(OC)cc2cccnc12.O=P(O)(O)O.O=P(O)(O)O.O=P(O)(O)O. The van der Waals surface area contributed by atoms with Crippen molar-refractivity contribution in [2.45, 2.75) is 97.3 Å². The van der Waals surface area contributed by atoms with Crippen LogP contribution in [0.15, 0.2) is 30.5 Å². The van der Waals surface area contributed by atoms with E-state index >= 15 is 0 Å². The maximum atomic E-state index is 8.88. The Morgan fingerprint density at radius 1 is 0.667 bits per heavy atom. The molecule has 1 aromatic heterocycles. The number of rotatable bonds is 20. The quantitative estimate of drug-likeness (QED) is 0.0609. The predicted molar refractivity (Wildman–Crippen MR) is 187 cm³/mol. The van der Waals surface area contributed by atoms with E-state index in [0.29, 0.717) is 0 Å². The topological polar surface area (TPSA) is 271 Å². The second-order valence-corrected chi connectivity index (χ2v) is 14.0. The van der Waals surface area contributed by atoms with Crippen LogP contribution in [0.1, 0.15) is 97.3 Å². The number of nitrogens with zero attached hydrogens (tertiary/aromatic N) is 2. The maximum Gasteiger partial charge on any atom is 0.466 e. The Balaban J connectivity index is 0. The number of aromatic nitrogens is 1. The number of hydrogen-bond donors (Lipinski definition) is 10. The van der Waals surface area contributed by atoms with Crippen LogP contribution < -0.4 is 10.1 Å². The summed E-state index contributed by atoms with van der Waals surface area (Å²) in [6.45, 7) is 9.23. The fourth-order valence-electron chi connectivity index (χ4n) is 4.51. The zero-order chi connectivity index (χ0) is 37.1. The molecule has 0 aliphatic heterocycles. The highest BCUT2D eigenvalue weighted by atomic mass is 31.2. The summed E-state index contributed by atoms with van der Waals surface area (Å²) in [5.74, 6) is 0.880. The van der Waals surface area contributed by atoms with Gasteiger partial charge in [-0.25, -0.2) is 13.7 Å². The Bertz CT molecular complexity index is 1140. The first-order valence-corrected chi connectivity index (χ1v) is 20.7. The van der Waals surface area contributed by atoms with Crippen LogP contribution in [0.5, 0.6) is 5.75 Å². The highest BCUT2D eigenvalue weighted by Crippen LogP contribution is 2.28. The van der Waals surface area contributed by atoms with E-state index < -0.39 is 23.5 Å². The smallest absolute Gasteiger partial charge is 0.466 e. The summed E-state index contributed by atoms with van der Waals surface area (Å²) in [4.78, 5) is 72.0. The third kappa shape index (κ3) is 39.0. The molecular weight excluding hydrogens is 691 g/mol. The van der Waals surface area contributed by atoms with Gasteiger partial charge < -0.3 is 59.0 Å². The molecule has 0 amide bonds. The first kappa shape index (κ1) is 48.6. The summed E-state index contributed by atoms with van der Waals surface area (Å²) in [5.41, 5.74) is 2.10. The molecule has 2 rings (SSSR count). The van der Waals surface area contributed by atoms with Gasteiger partial charge in [0.05, 0.1) is 18.3 Å². The van der Waals surface area contributed by atoms with E-state index in [2.05, 4.69) is 47.2 Å². The minimum absolute atomic E-state index is 0.880. The standard InChI is InChI=1S/C29H49N3O.3H3O4P/c1-4-6-8-10-12-14-21-32(22-15-13-11-9-7-5-2)23-17-20-30-28-25-27(33-3)24-26-18-16-19-31-29(26)28;3*1-5(2,3)4/h16,18-19,24-25,30H,4-15,17,20-23H2,1-3H3;3*(H3,1,2,3,4). The van der Waals surface area contributed by atoms with Gasteiger partial charge in [0, 0.05) is 24.2 Å². The molecule has 48 heavy (non-hydrogen) atoms. The second-order valence-electron chi connectivity index (χ2n) is 10.9. The van der Waals surface area contributed by atoms with E-state index in [9.17, 15) is 0 Å². The zero-order valence-electron chi connectivity index (χ0n) is 28.3. The fourth-order valence-corrected chi connectivity index (χ4v) is 4.51. The van der Waals surface area contributed by atoms with Crippen molar-refractivity contribution < 1.29 is 62.5 Å². The summed E-state index contributed by atoms with van der Waals surface area (Å²) >= 11 is 0. The predicted octanol–water partition coefficient (Wildman–Crippen LogP) is 5.28. The van der Waals surface area contributed by atoms with Gasteiger partial charge in [-0.05, 0) is 51.0 Å². The third-order valence-corrected chi connectivity index (χ3v) is 6.54. The summed E-state index contributed by atoms with van der Waals surface area (Å²) in [6.07, 6.45) is 19.5. The number of methoxy groups -OCH3 is 1. The van der Waals surface area contributed by atoms with Gasteiger partial charge in [-0.2, -0.15) is 0 Å². The molecule has 0 aliphatic rings. The summed E-state index contributed by atoms with van der Waals surface area (Å²) in [5, 5.41) is 4.75. The van der Waals surface area contributed by atoms with Gasteiger partial charge in [0.2, 0.25) is 0 Å². The van der Waals surface area contributed by atoms with E-state index in [-0.39, 0.29) is 0 Å². The molecule has 0 bridgehead atoms. The molecule has 0 aliphatic carbocycles. The summed E-state index contributed by atoms with van der Waals surface area (Å²) in [6, 6.07) is 8.20. The van der Waals surface area contributed by atoms with E-state index in [1.165, 1.54) is 96.7 Å². The molecule has 0 atom stereocenters. The molecule has 0 unspecified atom stereocenters. The van der Waals surface area contributed by atoms with Gasteiger partial charge in [-0.15, -0.1) is 0 Å². The Morgan fingerprint density at radius 3 is 1.52 bits per heavy atom. The van der Waals surface area contributed by atoms with Crippen LogP contribution >= 0.6 is 23.5 Å². The summed E-state index contributed by atoms with van der Waals surface area (Å²) < 4.78 is 32.1. The number of unbranched alkanes of at least 4 members (excludes halogenated alkanes) is 10. The lowest BCUT2D eigenvalue weighted by atomic mass is 10.1. The van der Waals surface area contributed by atoms with Gasteiger partial charge in [-0.3, -0.25) is 4.98 Å². The number of anilines is 1. The summed E-state index contributed by atoms with van der Waals surface area (Å²) in [7, 11) is -12.2. The number of benzene rings is 1. The van der Waals surface area contributed by atoms with Crippen LogP contribution in [0, 0.1) is 0 Å². The highest BCUT2D eigenvalue weighted by Gasteiger charge is 2.08. The van der Waals surface area contributed by atoms with Gasteiger partial charge in [0.15, 0.2) is 0 Å². The number of phosphoric acid groups is 3. The van der Waals surface area contributed by atoms with E-state index in [4.69, 9.17) is 62.5 Å². The monoisotopic (exact) mass is 749 g/mol. The van der Waals surface area contributed by atoms with Gasteiger partial charge in [0.25, 0.3) is 0 Å². The van der Waals surface area contributed by atoms with Crippen LogP contribution in [0.25, 0.3) is 10.9 Å². The molecule has 2 aromatic rings. The third-order valence-electron chi connectivity index (χ3n) is 6.54. The van der Waals surface area contributed by atoms with Crippen molar-refractivity contribution in [1.29, 1.82) is 0 Å². The molecule has 0 saturated heterocycles. The fraction of sp³-hybridized carbons (Fsp3) is 0.690. The second kappa shape index (κ2) is 28.2. The zero-order valence-corrected chi connectivity index (χ0v) is 31.0. The number of pyridine rings is 1. The Kier molecular flexibility index (Phi) is 28.6. The Morgan fingerprint density at radius 2 is 1.08 bits per heavy atom. The van der Waals surface area contributed by atoms with Crippen molar-refractivity contribution in [3.05, 3.63) is 30.5 Å². The molecule has 1 heterocycles. The first-order valence-electron chi connectivity index (χ1n) is 16.0. The molecule has 19 heteroatoms. The van der Waals surface area contributed by atoms with Crippen molar-refractivity contribution in [2.24, 2.45) is 0 Å². The van der Waals surface area contributed by atoms with Crippen LogP contribution in [-0.2, 0) is 13.7 Å². The first-order chi connectivity index (χ1) is 22.3. The molecular formula is C29H58N3O13P3.